The molecule has 0 aromatic heterocycles. The van der Waals surface area contributed by atoms with Crippen molar-refractivity contribution in [2.24, 2.45) is 5.92 Å². The lowest BCUT2D eigenvalue weighted by Gasteiger charge is -2.17. The SMILES string of the molecule is CCCNC1COCC1C(=O)Cc1ccc(F)cc1. The van der Waals surface area contributed by atoms with E-state index in [1.54, 1.807) is 12.1 Å². The minimum Gasteiger partial charge on any atom is -0.379 e. The zero-order valence-corrected chi connectivity index (χ0v) is 11.2. The number of hydrogen-bond acceptors (Lipinski definition) is 3. The van der Waals surface area contributed by atoms with Crippen LogP contribution in [0.5, 0.6) is 0 Å². The highest BCUT2D eigenvalue weighted by Crippen LogP contribution is 2.17. The average Bonchev–Trinajstić information content (AvgIpc) is 2.87. The average molecular weight is 265 g/mol. The number of carbonyl (C=O) groups is 1. The quantitative estimate of drug-likeness (QED) is 0.854. The van der Waals surface area contributed by atoms with E-state index in [0.717, 1.165) is 18.5 Å². The van der Waals surface area contributed by atoms with Crippen molar-refractivity contribution < 1.29 is 13.9 Å². The summed E-state index contributed by atoms with van der Waals surface area (Å²) in [5.41, 5.74) is 0.854. The van der Waals surface area contributed by atoms with Gasteiger partial charge in [0.15, 0.2) is 0 Å². The molecule has 0 aliphatic carbocycles. The molecule has 0 spiro atoms. The third-order valence-electron chi connectivity index (χ3n) is 3.44. The highest BCUT2D eigenvalue weighted by molar-refractivity contribution is 5.84. The minimum absolute atomic E-state index is 0.0865. The Kier molecular flexibility index (Phi) is 5.05. The van der Waals surface area contributed by atoms with E-state index in [-0.39, 0.29) is 23.6 Å². The molecule has 1 heterocycles. The van der Waals surface area contributed by atoms with Crippen molar-refractivity contribution in [1.82, 2.24) is 5.32 Å². The number of benzene rings is 1. The molecule has 1 aliphatic heterocycles. The molecular formula is C15H20FNO2. The maximum atomic E-state index is 12.8. The van der Waals surface area contributed by atoms with Gasteiger partial charge in [-0.1, -0.05) is 19.1 Å². The molecule has 2 rings (SSSR count). The lowest BCUT2D eigenvalue weighted by molar-refractivity contribution is -0.122. The molecule has 4 heteroatoms. The number of nitrogens with one attached hydrogen (secondary N) is 1. The van der Waals surface area contributed by atoms with Gasteiger partial charge in [0, 0.05) is 12.5 Å². The van der Waals surface area contributed by atoms with Crippen molar-refractivity contribution >= 4 is 5.78 Å². The summed E-state index contributed by atoms with van der Waals surface area (Å²) in [4.78, 5) is 12.3. The first-order valence-electron chi connectivity index (χ1n) is 6.79. The summed E-state index contributed by atoms with van der Waals surface area (Å²) in [6.07, 6.45) is 1.38. The van der Waals surface area contributed by atoms with Gasteiger partial charge in [-0.2, -0.15) is 0 Å². The second kappa shape index (κ2) is 6.78. The van der Waals surface area contributed by atoms with Crippen LogP contribution in [0.2, 0.25) is 0 Å². The van der Waals surface area contributed by atoms with Crippen LogP contribution in [0.4, 0.5) is 4.39 Å². The van der Waals surface area contributed by atoms with Crippen molar-refractivity contribution in [3.63, 3.8) is 0 Å². The summed E-state index contributed by atoms with van der Waals surface area (Å²) in [5.74, 6) is -0.197. The van der Waals surface area contributed by atoms with Crippen LogP contribution >= 0.6 is 0 Å². The Balaban J connectivity index is 1.93. The third-order valence-corrected chi connectivity index (χ3v) is 3.44. The maximum Gasteiger partial charge on any atom is 0.144 e. The molecule has 0 bridgehead atoms. The van der Waals surface area contributed by atoms with E-state index in [2.05, 4.69) is 12.2 Å². The molecule has 0 radical (unpaired) electrons. The van der Waals surface area contributed by atoms with Gasteiger partial charge in [-0.05, 0) is 30.7 Å². The summed E-state index contributed by atoms with van der Waals surface area (Å²) in [7, 11) is 0. The first-order valence-corrected chi connectivity index (χ1v) is 6.79. The van der Waals surface area contributed by atoms with Crippen LogP contribution in [-0.2, 0) is 16.0 Å². The minimum atomic E-state index is -0.275. The third kappa shape index (κ3) is 3.85. The first kappa shape index (κ1) is 14.2. The van der Waals surface area contributed by atoms with Gasteiger partial charge < -0.3 is 10.1 Å². The van der Waals surface area contributed by atoms with Crippen LogP contribution in [0, 0.1) is 11.7 Å². The second-order valence-electron chi connectivity index (χ2n) is 4.97. The van der Waals surface area contributed by atoms with E-state index in [1.165, 1.54) is 12.1 Å². The van der Waals surface area contributed by atoms with Crippen LogP contribution in [-0.4, -0.2) is 31.6 Å². The van der Waals surface area contributed by atoms with Gasteiger partial charge in [0.2, 0.25) is 0 Å². The monoisotopic (exact) mass is 265 g/mol. The molecule has 1 saturated heterocycles. The van der Waals surface area contributed by atoms with Crippen molar-refractivity contribution in [3.05, 3.63) is 35.6 Å². The normalized spacial score (nSPS) is 22.6. The maximum absolute atomic E-state index is 12.8. The predicted molar refractivity (Wildman–Crippen MR) is 71.5 cm³/mol. The lowest BCUT2D eigenvalue weighted by atomic mass is 9.93. The van der Waals surface area contributed by atoms with E-state index in [0.29, 0.717) is 19.6 Å². The van der Waals surface area contributed by atoms with Gasteiger partial charge in [-0.25, -0.2) is 4.39 Å². The van der Waals surface area contributed by atoms with Gasteiger partial charge in [-0.3, -0.25) is 4.79 Å². The summed E-state index contributed by atoms with van der Waals surface area (Å²) in [5, 5.41) is 3.35. The fourth-order valence-electron chi connectivity index (χ4n) is 2.34. The summed E-state index contributed by atoms with van der Waals surface area (Å²) < 4.78 is 18.2. The van der Waals surface area contributed by atoms with Gasteiger partial charge in [0.1, 0.15) is 11.6 Å². The van der Waals surface area contributed by atoms with E-state index in [1.807, 2.05) is 0 Å². The Morgan fingerprint density at radius 3 is 2.79 bits per heavy atom. The number of halogens is 1. The largest absolute Gasteiger partial charge is 0.379 e. The predicted octanol–water partition coefficient (Wildman–Crippen LogP) is 1.95. The molecule has 1 fully saturated rings. The Labute approximate surface area is 113 Å². The van der Waals surface area contributed by atoms with Crippen molar-refractivity contribution in [2.75, 3.05) is 19.8 Å². The van der Waals surface area contributed by atoms with E-state index < -0.39 is 0 Å². The van der Waals surface area contributed by atoms with Gasteiger partial charge in [0.25, 0.3) is 0 Å². The molecule has 1 aromatic carbocycles. The molecule has 1 N–H and O–H groups in total. The zero-order valence-electron chi connectivity index (χ0n) is 11.2. The second-order valence-corrected chi connectivity index (χ2v) is 4.97. The fraction of sp³-hybridized carbons (Fsp3) is 0.533. The Hall–Kier alpha value is -1.26. The van der Waals surface area contributed by atoms with Gasteiger partial charge >= 0.3 is 0 Å². The fourth-order valence-corrected chi connectivity index (χ4v) is 2.34. The van der Waals surface area contributed by atoms with Crippen LogP contribution in [0.25, 0.3) is 0 Å². The van der Waals surface area contributed by atoms with Crippen LogP contribution in [0.1, 0.15) is 18.9 Å². The molecule has 0 saturated carbocycles. The highest BCUT2D eigenvalue weighted by Gasteiger charge is 2.33. The molecular weight excluding hydrogens is 245 g/mol. The summed E-state index contributed by atoms with van der Waals surface area (Å²) in [6, 6.07) is 6.23. The van der Waals surface area contributed by atoms with Crippen LogP contribution < -0.4 is 5.32 Å². The lowest BCUT2D eigenvalue weighted by Crippen LogP contribution is -2.40. The van der Waals surface area contributed by atoms with Gasteiger partial charge in [-0.15, -0.1) is 0 Å². The number of rotatable bonds is 6. The number of ether oxygens (including phenoxy) is 1. The molecule has 0 amide bonds. The van der Waals surface area contributed by atoms with E-state index >= 15 is 0 Å². The van der Waals surface area contributed by atoms with Crippen LogP contribution in [0.15, 0.2) is 24.3 Å². The van der Waals surface area contributed by atoms with Crippen molar-refractivity contribution in [2.45, 2.75) is 25.8 Å². The molecule has 104 valence electrons. The Bertz CT molecular complexity index is 419. The van der Waals surface area contributed by atoms with Crippen molar-refractivity contribution in [3.8, 4) is 0 Å². The number of ketones is 1. The molecule has 3 nitrogen and oxygen atoms in total. The molecule has 1 aliphatic rings. The molecule has 2 atom stereocenters. The smallest absolute Gasteiger partial charge is 0.144 e. The standard InChI is InChI=1S/C15H20FNO2/c1-2-7-17-14-10-19-9-13(14)15(18)8-11-3-5-12(16)6-4-11/h3-6,13-14,17H,2,7-10H2,1H3. The van der Waals surface area contributed by atoms with Gasteiger partial charge in [0.05, 0.1) is 19.1 Å². The summed E-state index contributed by atoms with van der Waals surface area (Å²) in [6.45, 7) is 4.08. The van der Waals surface area contributed by atoms with Crippen LogP contribution in [0.3, 0.4) is 0 Å². The topological polar surface area (TPSA) is 38.3 Å². The number of Topliss-reactive ketones (excluding diaryl/α,β-unsaturated/α-hetero) is 1. The van der Waals surface area contributed by atoms with Crippen molar-refractivity contribution in [1.29, 1.82) is 0 Å². The van der Waals surface area contributed by atoms with E-state index in [4.69, 9.17) is 4.74 Å². The zero-order chi connectivity index (χ0) is 13.7. The molecule has 1 aromatic rings. The summed E-state index contributed by atoms with van der Waals surface area (Å²) >= 11 is 0. The molecule has 2 unspecified atom stereocenters. The molecule has 19 heavy (non-hydrogen) atoms. The first-order chi connectivity index (χ1) is 9.20. The number of hydrogen-bond donors (Lipinski definition) is 1. The highest BCUT2D eigenvalue weighted by atomic mass is 19.1. The van der Waals surface area contributed by atoms with E-state index in [9.17, 15) is 9.18 Å². The Morgan fingerprint density at radius 2 is 2.11 bits per heavy atom. The number of carbonyl (C=O) groups excluding carboxylic acids is 1. The Morgan fingerprint density at radius 1 is 1.37 bits per heavy atom.